The van der Waals surface area contributed by atoms with Crippen molar-refractivity contribution in [1.29, 1.82) is 0 Å². The average Bonchev–Trinajstić information content (AvgIpc) is 2.46. The summed E-state index contributed by atoms with van der Waals surface area (Å²) in [5.74, 6) is 0. The van der Waals surface area contributed by atoms with Crippen molar-refractivity contribution in [3.05, 3.63) is 65.3 Å². The maximum absolute atomic E-state index is 6.38. The summed E-state index contributed by atoms with van der Waals surface area (Å²) in [7, 11) is 0. The summed E-state index contributed by atoms with van der Waals surface area (Å²) in [4.78, 5) is 4.55. The fraction of sp³-hybridized carbons (Fsp3) is 0.211. The van der Waals surface area contributed by atoms with Gasteiger partial charge in [-0.3, -0.25) is 4.98 Å². The molecule has 0 atom stereocenters. The molecule has 0 N–H and O–H groups in total. The monoisotopic (exact) mass is 295 g/mol. The van der Waals surface area contributed by atoms with Gasteiger partial charge in [0.1, 0.15) is 0 Å². The molecule has 0 radical (unpaired) electrons. The van der Waals surface area contributed by atoms with Crippen LogP contribution in [0.3, 0.4) is 0 Å². The van der Waals surface area contributed by atoms with Crippen LogP contribution in [0.1, 0.15) is 26.3 Å². The van der Waals surface area contributed by atoms with Gasteiger partial charge in [0.25, 0.3) is 0 Å². The van der Waals surface area contributed by atoms with Crippen LogP contribution in [0.4, 0.5) is 0 Å². The summed E-state index contributed by atoms with van der Waals surface area (Å²) in [6.07, 6.45) is 1.84. The highest BCUT2D eigenvalue weighted by molar-refractivity contribution is 6.36. The zero-order valence-electron chi connectivity index (χ0n) is 12.5. The highest BCUT2D eigenvalue weighted by Crippen LogP contribution is 2.33. The number of hydrogen-bond acceptors (Lipinski definition) is 1. The molecule has 0 amide bonds. The van der Waals surface area contributed by atoms with Gasteiger partial charge in [0.05, 0.1) is 10.7 Å². The Kier molecular flexibility index (Phi) is 3.46. The second-order valence-electron chi connectivity index (χ2n) is 6.32. The van der Waals surface area contributed by atoms with Gasteiger partial charge in [0.2, 0.25) is 0 Å². The molecule has 0 saturated carbocycles. The van der Waals surface area contributed by atoms with Crippen LogP contribution in [0.15, 0.2) is 54.7 Å². The molecule has 1 heterocycles. The molecule has 0 aliphatic heterocycles. The van der Waals surface area contributed by atoms with E-state index in [9.17, 15) is 0 Å². The molecule has 21 heavy (non-hydrogen) atoms. The Hall–Kier alpha value is -1.86. The number of aromatic nitrogens is 1. The Balaban J connectivity index is 2.17. The van der Waals surface area contributed by atoms with Gasteiger partial charge in [-0.1, -0.05) is 68.8 Å². The zero-order valence-corrected chi connectivity index (χ0v) is 13.3. The lowest BCUT2D eigenvalue weighted by Crippen LogP contribution is -2.10. The Bertz CT molecular complexity index is 778. The number of benzene rings is 2. The predicted molar refractivity (Wildman–Crippen MR) is 90.9 cm³/mol. The van der Waals surface area contributed by atoms with Crippen molar-refractivity contribution in [2.75, 3.05) is 0 Å². The molecule has 2 aromatic carbocycles. The normalized spacial score (nSPS) is 11.8. The molecular formula is C19H18ClN. The predicted octanol–water partition coefficient (Wildman–Crippen LogP) is 5.85. The Morgan fingerprint density at radius 1 is 0.905 bits per heavy atom. The minimum Gasteiger partial charge on any atom is -0.256 e. The lowest BCUT2D eigenvalue weighted by molar-refractivity contribution is 0.590. The van der Waals surface area contributed by atoms with E-state index in [-0.39, 0.29) is 5.41 Å². The van der Waals surface area contributed by atoms with E-state index in [1.807, 2.05) is 24.4 Å². The van der Waals surface area contributed by atoms with Crippen LogP contribution in [0.25, 0.3) is 22.0 Å². The van der Waals surface area contributed by atoms with Crippen LogP contribution in [0.2, 0.25) is 5.02 Å². The van der Waals surface area contributed by atoms with E-state index in [0.29, 0.717) is 0 Å². The third-order valence-electron chi connectivity index (χ3n) is 3.76. The number of halogens is 1. The van der Waals surface area contributed by atoms with Gasteiger partial charge in [-0.05, 0) is 28.5 Å². The fourth-order valence-electron chi connectivity index (χ4n) is 2.53. The molecule has 1 nitrogen and oxygen atoms in total. The van der Waals surface area contributed by atoms with E-state index in [2.05, 4.69) is 56.1 Å². The Morgan fingerprint density at radius 2 is 1.62 bits per heavy atom. The fourth-order valence-corrected chi connectivity index (χ4v) is 2.80. The smallest absolute Gasteiger partial charge is 0.0795 e. The average molecular weight is 296 g/mol. The maximum atomic E-state index is 6.38. The molecule has 3 rings (SSSR count). The number of pyridine rings is 1. The summed E-state index contributed by atoms with van der Waals surface area (Å²) in [5.41, 5.74) is 3.51. The van der Waals surface area contributed by atoms with Gasteiger partial charge < -0.3 is 0 Å². The SMILES string of the molecule is CC(C)(C)c1ccc(-c2nccc3cccc(Cl)c23)cc1. The van der Waals surface area contributed by atoms with Gasteiger partial charge in [-0.15, -0.1) is 0 Å². The quantitative estimate of drug-likeness (QED) is 0.548. The standard InChI is InChI=1S/C19H18ClN/c1-19(2,3)15-9-7-14(8-10-15)18-17-13(11-12-21-18)5-4-6-16(17)20/h4-12H,1-3H3. The molecule has 0 spiro atoms. The van der Waals surface area contributed by atoms with Crippen LogP contribution >= 0.6 is 11.6 Å². The van der Waals surface area contributed by atoms with Crippen molar-refractivity contribution >= 4 is 22.4 Å². The summed E-state index contributed by atoms with van der Waals surface area (Å²) < 4.78 is 0. The van der Waals surface area contributed by atoms with Gasteiger partial charge >= 0.3 is 0 Å². The van der Waals surface area contributed by atoms with E-state index in [1.54, 1.807) is 0 Å². The number of hydrogen-bond donors (Lipinski definition) is 0. The van der Waals surface area contributed by atoms with E-state index in [4.69, 9.17) is 11.6 Å². The second kappa shape index (κ2) is 5.16. The molecule has 0 aliphatic carbocycles. The molecule has 0 bridgehead atoms. The third-order valence-corrected chi connectivity index (χ3v) is 4.08. The summed E-state index contributed by atoms with van der Waals surface area (Å²) in [6, 6.07) is 16.6. The number of fused-ring (bicyclic) bond motifs is 1. The largest absolute Gasteiger partial charge is 0.256 e. The van der Waals surface area contributed by atoms with Crippen molar-refractivity contribution in [2.45, 2.75) is 26.2 Å². The Labute approximate surface area is 130 Å². The number of rotatable bonds is 1. The van der Waals surface area contributed by atoms with Crippen LogP contribution in [-0.4, -0.2) is 4.98 Å². The van der Waals surface area contributed by atoms with Gasteiger partial charge in [-0.2, -0.15) is 0 Å². The molecule has 0 fully saturated rings. The van der Waals surface area contributed by atoms with E-state index in [1.165, 1.54) is 5.56 Å². The van der Waals surface area contributed by atoms with E-state index < -0.39 is 0 Å². The van der Waals surface area contributed by atoms with Gasteiger partial charge in [0, 0.05) is 17.1 Å². The first kappa shape index (κ1) is 14.1. The summed E-state index contributed by atoms with van der Waals surface area (Å²) in [5, 5.41) is 2.88. The number of nitrogens with zero attached hydrogens (tertiary/aromatic N) is 1. The first-order valence-electron chi connectivity index (χ1n) is 7.11. The van der Waals surface area contributed by atoms with Crippen LogP contribution in [0, 0.1) is 0 Å². The van der Waals surface area contributed by atoms with Crippen molar-refractivity contribution in [3.8, 4) is 11.3 Å². The lowest BCUT2D eigenvalue weighted by Gasteiger charge is -2.19. The highest BCUT2D eigenvalue weighted by Gasteiger charge is 2.14. The minimum absolute atomic E-state index is 0.155. The highest BCUT2D eigenvalue weighted by atomic mass is 35.5. The molecule has 1 aromatic heterocycles. The van der Waals surface area contributed by atoms with Crippen LogP contribution in [-0.2, 0) is 5.41 Å². The minimum atomic E-state index is 0.155. The van der Waals surface area contributed by atoms with E-state index in [0.717, 1.165) is 27.1 Å². The molecule has 3 aromatic rings. The molecule has 0 unspecified atom stereocenters. The molecule has 0 saturated heterocycles. The molecule has 0 aliphatic rings. The van der Waals surface area contributed by atoms with Crippen LogP contribution < -0.4 is 0 Å². The van der Waals surface area contributed by atoms with Crippen LogP contribution in [0.5, 0.6) is 0 Å². The summed E-state index contributed by atoms with van der Waals surface area (Å²) >= 11 is 6.38. The van der Waals surface area contributed by atoms with Crippen molar-refractivity contribution in [1.82, 2.24) is 4.98 Å². The Morgan fingerprint density at radius 3 is 2.29 bits per heavy atom. The molecular weight excluding hydrogens is 278 g/mol. The first-order chi connectivity index (χ1) is 9.97. The van der Waals surface area contributed by atoms with Gasteiger partial charge in [-0.25, -0.2) is 0 Å². The van der Waals surface area contributed by atoms with Crippen molar-refractivity contribution in [2.24, 2.45) is 0 Å². The first-order valence-corrected chi connectivity index (χ1v) is 7.49. The summed E-state index contributed by atoms with van der Waals surface area (Å²) in [6.45, 7) is 6.65. The zero-order chi connectivity index (χ0) is 15.0. The maximum Gasteiger partial charge on any atom is 0.0795 e. The topological polar surface area (TPSA) is 12.9 Å². The molecule has 2 heteroatoms. The van der Waals surface area contributed by atoms with E-state index >= 15 is 0 Å². The van der Waals surface area contributed by atoms with Gasteiger partial charge in [0.15, 0.2) is 0 Å². The third kappa shape index (κ3) is 2.66. The van der Waals surface area contributed by atoms with Crippen molar-refractivity contribution in [3.63, 3.8) is 0 Å². The molecule has 106 valence electrons. The second-order valence-corrected chi connectivity index (χ2v) is 6.73. The lowest BCUT2D eigenvalue weighted by atomic mass is 9.86. The van der Waals surface area contributed by atoms with Crippen molar-refractivity contribution < 1.29 is 0 Å².